The Hall–Kier alpha value is -2.90. The average molecular weight is 305 g/mol. The summed E-state index contributed by atoms with van der Waals surface area (Å²) in [6.07, 6.45) is -0.511. The highest BCUT2D eigenvalue weighted by molar-refractivity contribution is 6.03. The van der Waals surface area contributed by atoms with Crippen LogP contribution < -0.4 is 16.0 Å². The number of rotatable bonds is 3. The zero-order chi connectivity index (χ0) is 16.4. The zero-order valence-corrected chi connectivity index (χ0v) is 11.8. The maximum atomic E-state index is 12.1. The Kier molecular flexibility index (Phi) is 4.11. The molecule has 0 aromatic heterocycles. The van der Waals surface area contributed by atoms with E-state index in [0.29, 0.717) is 11.3 Å². The highest BCUT2D eigenvalue weighted by atomic mass is 16.4. The molecular formula is C14H15N3O5. The summed E-state index contributed by atoms with van der Waals surface area (Å²) in [4.78, 5) is 47.4. The quantitative estimate of drug-likeness (QED) is 0.700. The van der Waals surface area contributed by atoms with E-state index in [1.165, 1.54) is 25.1 Å². The van der Waals surface area contributed by atoms with Crippen molar-refractivity contribution in [1.82, 2.24) is 5.32 Å². The molecule has 0 fully saturated rings. The maximum Gasteiger partial charge on any atom is 0.306 e. The van der Waals surface area contributed by atoms with Crippen molar-refractivity contribution in [2.45, 2.75) is 25.9 Å². The smallest absolute Gasteiger partial charge is 0.306 e. The third kappa shape index (κ3) is 2.90. The number of carboxylic acid groups (broad SMARTS) is 1. The van der Waals surface area contributed by atoms with Gasteiger partial charge in [-0.05, 0) is 23.8 Å². The van der Waals surface area contributed by atoms with E-state index in [2.05, 4.69) is 5.32 Å². The first kappa shape index (κ1) is 15.5. The normalized spacial score (nSPS) is 17.2. The van der Waals surface area contributed by atoms with Crippen molar-refractivity contribution in [2.75, 3.05) is 4.90 Å². The van der Waals surface area contributed by atoms with Crippen molar-refractivity contribution in [3.8, 4) is 0 Å². The summed E-state index contributed by atoms with van der Waals surface area (Å²) in [6, 6.07) is 3.27. The molecule has 2 rings (SSSR count). The molecule has 0 saturated carbocycles. The van der Waals surface area contributed by atoms with Gasteiger partial charge in [0.15, 0.2) is 0 Å². The number of benzene rings is 1. The maximum absolute atomic E-state index is 12.1. The van der Waals surface area contributed by atoms with E-state index in [1.807, 2.05) is 0 Å². The molecule has 1 aliphatic heterocycles. The Balaban J connectivity index is 2.55. The molecule has 1 atom stereocenters. The second kappa shape index (κ2) is 5.84. The predicted molar refractivity (Wildman–Crippen MR) is 76.0 cm³/mol. The first-order valence-corrected chi connectivity index (χ1v) is 6.53. The minimum atomic E-state index is -1.19. The van der Waals surface area contributed by atoms with Crippen molar-refractivity contribution in [2.24, 2.45) is 5.73 Å². The fraction of sp³-hybridized carbons (Fsp3) is 0.286. The monoisotopic (exact) mass is 305 g/mol. The number of hydrogen-bond acceptors (Lipinski definition) is 4. The molecule has 0 spiro atoms. The van der Waals surface area contributed by atoms with Crippen molar-refractivity contribution in [3.05, 3.63) is 29.3 Å². The van der Waals surface area contributed by atoms with Crippen LogP contribution in [0.4, 0.5) is 5.69 Å². The molecule has 8 nitrogen and oxygen atoms in total. The molecule has 0 saturated heterocycles. The molecule has 0 bridgehead atoms. The van der Waals surface area contributed by atoms with Crippen molar-refractivity contribution >= 4 is 29.4 Å². The number of primary amides is 1. The second-order valence-electron chi connectivity index (χ2n) is 4.93. The van der Waals surface area contributed by atoms with Crippen molar-refractivity contribution < 1.29 is 24.3 Å². The molecule has 1 heterocycles. The molecule has 1 aromatic carbocycles. The molecule has 0 aliphatic carbocycles. The van der Waals surface area contributed by atoms with E-state index in [1.54, 1.807) is 0 Å². The van der Waals surface area contributed by atoms with Crippen LogP contribution in [0, 0.1) is 0 Å². The third-order valence-electron chi connectivity index (χ3n) is 3.40. The van der Waals surface area contributed by atoms with E-state index in [0.717, 1.165) is 4.90 Å². The van der Waals surface area contributed by atoms with Gasteiger partial charge in [-0.3, -0.25) is 24.1 Å². The Bertz CT molecular complexity index is 670. The highest BCUT2D eigenvalue weighted by Gasteiger charge is 2.35. The standard InChI is InChI=1S/C14H15N3O5/c1-7(18)17-10-3-2-8(13(15)21)4-9(10)6-16-14(22)11(17)5-12(19)20/h2-4,11H,5-6H2,1H3,(H2,15,21)(H,16,22)(H,19,20). The van der Waals surface area contributed by atoms with Crippen LogP contribution in [-0.2, 0) is 20.9 Å². The largest absolute Gasteiger partial charge is 0.481 e. The Morgan fingerprint density at radius 2 is 2.09 bits per heavy atom. The molecule has 1 aliphatic rings. The van der Waals surface area contributed by atoms with Gasteiger partial charge in [0.1, 0.15) is 6.04 Å². The summed E-state index contributed by atoms with van der Waals surface area (Å²) in [7, 11) is 0. The molecule has 1 aromatic rings. The lowest BCUT2D eigenvalue weighted by molar-refractivity contribution is -0.139. The third-order valence-corrected chi connectivity index (χ3v) is 3.40. The lowest BCUT2D eigenvalue weighted by Gasteiger charge is -2.27. The summed E-state index contributed by atoms with van der Waals surface area (Å²) < 4.78 is 0. The molecule has 1 unspecified atom stereocenters. The van der Waals surface area contributed by atoms with Gasteiger partial charge < -0.3 is 16.2 Å². The number of nitrogens with one attached hydrogen (secondary N) is 1. The Morgan fingerprint density at radius 1 is 1.41 bits per heavy atom. The summed E-state index contributed by atoms with van der Waals surface area (Å²) in [5.41, 5.74) is 6.37. The number of hydrogen-bond donors (Lipinski definition) is 3. The Labute approximate surface area is 125 Å². The first-order valence-electron chi connectivity index (χ1n) is 6.53. The van der Waals surface area contributed by atoms with Crippen LogP contribution in [0.25, 0.3) is 0 Å². The first-order chi connectivity index (χ1) is 10.3. The van der Waals surface area contributed by atoms with Crippen molar-refractivity contribution in [1.29, 1.82) is 0 Å². The summed E-state index contributed by atoms with van der Waals surface area (Å²) in [6.45, 7) is 1.33. The fourth-order valence-electron chi connectivity index (χ4n) is 2.44. The van der Waals surface area contributed by atoms with Gasteiger partial charge in [-0.25, -0.2) is 0 Å². The van der Waals surface area contributed by atoms with Crippen LogP contribution in [-0.4, -0.2) is 34.8 Å². The second-order valence-corrected chi connectivity index (χ2v) is 4.93. The SMILES string of the molecule is CC(=O)N1c2ccc(C(N)=O)cc2CNC(=O)C1CC(=O)O. The van der Waals surface area contributed by atoms with Gasteiger partial charge in [-0.2, -0.15) is 0 Å². The predicted octanol–water partition coefficient (Wildman–Crippen LogP) is -0.388. The van der Waals surface area contributed by atoms with E-state index in [9.17, 15) is 19.2 Å². The minimum Gasteiger partial charge on any atom is -0.481 e. The van der Waals surface area contributed by atoms with Gasteiger partial charge >= 0.3 is 5.97 Å². The topological polar surface area (TPSA) is 130 Å². The number of carbonyl (C=O) groups excluding carboxylic acids is 3. The van der Waals surface area contributed by atoms with Crippen LogP contribution in [0.2, 0.25) is 0 Å². The van der Waals surface area contributed by atoms with Gasteiger partial charge in [-0.15, -0.1) is 0 Å². The number of nitrogens with zero attached hydrogens (tertiary/aromatic N) is 1. The van der Waals surface area contributed by atoms with Crippen molar-refractivity contribution in [3.63, 3.8) is 0 Å². The molecule has 3 amide bonds. The zero-order valence-electron chi connectivity index (χ0n) is 11.8. The lowest BCUT2D eigenvalue weighted by Crippen LogP contribution is -2.48. The van der Waals surface area contributed by atoms with Crippen LogP contribution in [0.15, 0.2) is 18.2 Å². The molecule has 0 radical (unpaired) electrons. The minimum absolute atomic E-state index is 0.0786. The van der Waals surface area contributed by atoms with Gasteiger partial charge in [0, 0.05) is 24.7 Å². The lowest BCUT2D eigenvalue weighted by atomic mass is 10.1. The highest BCUT2D eigenvalue weighted by Crippen LogP contribution is 2.28. The van der Waals surface area contributed by atoms with Gasteiger partial charge in [0.2, 0.25) is 17.7 Å². The van der Waals surface area contributed by atoms with Gasteiger partial charge in [0.25, 0.3) is 0 Å². The number of amides is 3. The van der Waals surface area contributed by atoms with Crippen LogP contribution in [0.1, 0.15) is 29.3 Å². The number of anilines is 1. The number of fused-ring (bicyclic) bond motifs is 1. The average Bonchev–Trinajstić information content (AvgIpc) is 2.56. The van der Waals surface area contributed by atoms with E-state index in [-0.39, 0.29) is 12.1 Å². The van der Waals surface area contributed by atoms with Crippen LogP contribution in [0.3, 0.4) is 0 Å². The molecule has 4 N–H and O–H groups in total. The number of carbonyl (C=O) groups is 4. The van der Waals surface area contributed by atoms with Gasteiger partial charge in [0.05, 0.1) is 6.42 Å². The summed E-state index contributed by atoms with van der Waals surface area (Å²) >= 11 is 0. The van der Waals surface area contributed by atoms with Crippen LogP contribution >= 0.6 is 0 Å². The fourth-order valence-corrected chi connectivity index (χ4v) is 2.44. The molecule has 8 heteroatoms. The van der Waals surface area contributed by atoms with Gasteiger partial charge in [-0.1, -0.05) is 0 Å². The van der Waals surface area contributed by atoms with E-state index in [4.69, 9.17) is 10.8 Å². The Morgan fingerprint density at radius 3 is 2.64 bits per heavy atom. The van der Waals surface area contributed by atoms with Crippen LogP contribution in [0.5, 0.6) is 0 Å². The number of carboxylic acids is 1. The van der Waals surface area contributed by atoms with E-state index >= 15 is 0 Å². The molecule has 116 valence electrons. The van der Waals surface area contributed by atoms with E-state index < -0.39 is 36.2 Å². The number of nitrogens with two attached hydrogens (primary N) is 1. The summed E-state index contributed by atoms with van der Waals surface area (Å²) in [5, 5.41) is 11.5. The number of aliphatic carboxylic acids is 1. The summed E-state index contributed by atoms with van der Waals surface area (Å²) in [5.74, 6) is -2.84. The molecular weight excluding hydrogens is 290 g/mol. The molecule has 22 heavy (non-hydrogen) atoms.